The van der Waals surface area contributed by atoms with E-state index < -0.39 is 31.4 Å². The molecule has 4 N–H and O–H groups in total. The van der Waals surface area contributed by atoms with E-state index in [1.807, 2.05) is 0 Å². The third kappa shape index (κ3) is 9.15. The van der Waals surface area contributed by atoms with Crippen LogP contribution in [0.4, 0.5) is 0 Å². The lowest BCUT2D eigenvalue weighted by Crippen LogP contribution is -2.21. The Morgan fingerprint density at radius 3 is 2.00 bits per heavy atom. The van der Waals surface area contributed by atoms with E-state index in [2.05, 4.69) is 10.3 Å². The molecule has 0 heterocycles. The molecule has 1 aromatic carbocycles. The highest BCUT2D eigenvalue weighted by atomic mass is 127. The zero-order valence-corrected chi connectivity index (χ0v) is 11.6. The van der Waals surface area contributed by atoms with Crippen LogP contribution in [0, 0.1) is 3.57 Å². The summed E-state index contributed by atoms with van der Waals surface area (Å²) in [6, 6.07) is 4.96. The van der Waals surface area contributed by atoms with Crippen LogP contribution in [0.25, 0.3) is 0 Å². The van der Waals surface area contributed by atoms with Gasteiger partial charge < -0.3 is 0 Å². The van der Waals surface area contributed by atoms with Gasteiger partial charge in [0.1, 0.15) is 0 Å². The van der Waals surface area contributed by atoms with E-state index in [1.54, 1.807) is 18.2 Å². The molecule has 0 aliphatic carbocycles. The molecule has 0 saturated carbocycles. The lowest BCUT2D eigenvalue weighted by Gasteiger charge is -1.92. The highest BCUT2D eigenvalue weighted by molar-refractivity contribution is 14.1. The second-order valence-electron chi connectivity index (χ2n) is 2.22. The van der Waals surface area contributed by atoms with Crippen LogP contribution < -0.4 is 10.3 Å². The molecule has 9 heteroatoms. The average Bonchev–Trinajstić information content (AvgIpc) is 2.01. The quantitative estimate of drug-likeness (QED) is 0.567. The Balaban J connectivity index is 0.000000336. The molecule has 0 spiro atoms. The summed E-state index contributed by atoms with van der Waals surface area (Å²) in [6.45, 7) is 0. The van der Waals surface area contributed by atoms with Crippen LogP contribution >= 0.6 is 44.4 Å². The molecular weight excluding hydrogens is 378 g/mol. The van der Waals surface area contributed by atoms with E-state index in [4.69, 9.17) is 23.2 Å². The van der Waals surface area contributed by atoms with E-state index in [0.29, 0.717) is 13.6 Å². The molecule has 0 bridgehead atoms. The van der Waals surface area contributed by atoms with Gasteiger partial charge in [0.25, 0.3) is 10.2 Å². The fourth-order valence-electron chi connectivity index (χ4n) is 0.533. The number of nitrogens with two attached hydrogens (primary N) is 2. The SMILES string of the molecule is NS(N)(=O)=O.O=Ic1ccc(Cl)cc1Cl. The minimum absolute atomic E-state index is 0.496. The topological polar surface area (TPSA) is 103 Å². The Labute approximate surface area is 108 Å². The zero-order valence-electron chi connectivity index (χ0n) is 7.15. The van der Waals surface area contributed by atoms with Crippen molar-refractivity contribution in [2.45, 2.75) is 0 Å². The molecule has 0 saturated heterocycles. The van der Waals surface area contributed by atoms with Crippen LogP contribution in [0.15, 0.2) is 18.2 Å². The average molecular weight is 385 g/mol. The standard InChI is InChI=1S/C6H3Cl2IO.H4N2O2S/c7-4-1-2-6(9-10)5(8)3-4;1-5(2,3)4/h1-3H;(H4,1,2,3,4). The predicted octanol–water partition coefficient (Wildman–Crippen LogP) is 1.63. The van der Waals surface area contributed by atoms with Crippen molar-refractivity contribution in [1.29, 1.82) is 0 Å². The van der Waals surface area contributed by atoms with Gasteiger partial charge in [-0.1, -0.05) is 23.2 Å². The summed E-state index contributed by atoms with van der Waals surface area (Å²) in [6.07, 6.45) is 0. The van der Waals surface area contributed by atoms with Gasteiger partial charge in [-0.25, -0.2) is 10.3 Å². The summed E-state index contributed by atoms with van der Waals surface area (Å²) in [5.41, 5.74) is 0. The zero-order chi connectivity index (χ0) is 12.1. The summed E-state index contributed by atoms with van der Waals surface area (Å²) in [5.74, 6) is 0. The van der Waals surface area contributed by atoms with Crippen molar-refractivity contribution in [2.75, 3.05) is 0 Å². The highest BCUT2D eigenvalue weighted by Crippen LogP contribution is 2.24. The molecule has 0 aliphatic heterocycles. The summed E-state index contributed by atoms with van der Waals surface area (Å²) in [5, 5.41) is 9.28. The second-order valence-corrected chi connectivity index (χ2v) is 5.85. The maximum absolute atomic E-state index is 10.4. The van der Waals surface area contributed by atoms with Gasteiger partial charge in [0.2, 0.25) is 0 Å². The molecule has 0 fully saturated rings. The fraction of sp³-hybridized carbons (Fsp3) is 0. The monoisotopic (exact) mass is 384 g/mol. The minimum Gasteiger partial charge on any atom is -0.265 e. The Bertz CT molecular complexity index is 444. The lowest BCUT2D eigenvalue weighted by atomic mass is 10.4. The Kier molecular flexibility index (Phi) is 6.80. The van der Waals surface area contributed by atoms with Gasteiger partial charge in [-0.15, -0.1) is 0 Å². The van der Waals surface area contributed by atoms with Crippen LogP contribution in [0.2, 0.25) is 10.0 Å². The molecule has 0 atom stereocenters. The normalized spacial score (nSPS) is 10.4. The van der Waals surface area contributed by atoms with Crippen LogP contribution in [0.3, 0.4) is 0 Å². The van der Waals surface area contributed by atoms with E-state index in [9.17, 15) is 11.5 Å². The highest BCUT2D eigenvalue weighted by Gasteiger charge is 1.98. The molecule has 0 amide bonds. The van der Waals surface area contributed by atoms with Crippen molar-refractivity contribution in [3.8, 4) is 0 Å². The first kappa shape index (κ1) is 15.2. The van der Waals surface area contributed by atoms with Crippen molar-refractivity contribution < 1.29 is 11.5 Å². The van der Waals surface area contributed by atoms with E-state index in [-0.39, 0.29) is 0 Å². The van der Waals surface area contributed by atoms with Crippen molar-refractivity contribution >= 4 is 54.6 Å². The minimum atomic E-state index is -3.67. The van der Waals surface area contributed by atoms with Gasteiger partial charge >= 0.3 is 0 Å². The molecule has 15 heavy (non-hydrogen) atoms. The maximum Gasteiger partial charge on any atom is 0.271 e. The van der Waals surface area contributed by atoms with E-state index in [0.717, 1.165) is 0 Å². The molecule has 0 aliphatic rings. The summed E-state index contributed by atoms with van der Waals surface area (Å²) in [7, 11) is -3.67. The van der Waals surface area contributed by atoms with Gasteiger partial charge in [-0.2, -0.15) is 8.42 Å². The van der Waals surface area contributed by atoms with E-state index in [1.165, 1.54) is 0 Å². The van der Waals surface area contributed by atoms with Crippen molar-refractivity contribution in [3.63, 3.8) is 0 Å². The van der Waals surface area contributed by atoms with Gasteiger partial charge in [-0.05, 0) is 18.2 Å². The molecule has 5 nitrogen and oxygen atoms in total. The molecule has 86 valence electrons. The number of hydrogen-bond acceptors (Lipinski definition) is 3. The number of halogens is 3. The van der Waals surface area contributed by atoms with Crippen molar-refractivity contribution in [2.24, 2.45) is 10.3 Å². The Morgan fingerprint density at radius 2 is 1.67 bits per heavy atom. The van der Waals surface area contributed by atoms with Crippen LogP contribution in [0.1, 0.15) is 0 Å². The number of hydrogen-bond donors (Lipinski definition) is 2. The molecule has 1 aromatic rings. The first-order valence-electron chi connectivity index (χ1n) is 3.26. The largest absolute Gasteiger partial charge is 0.271 e. The molecular formula is C6H7Cl2IN2O3S. The molecule has 0 radical (unpaired) electrons. The predicted molar refractivity (Wildman–Crippen MR) is 67.2 cm³/mol. The first-order valence-corrected chi connectivity index (χ1v) is 7.59. The Morgan fingerprint density at radius 1 is 1.20 bits per heavy atom. The van der Waals surface area contributed by atoms with Gasteiger partial charge in [0, 0.05) is 5.02 Å². The molecule has 0 unspecified atom stereocenters. The number of rotatable bonds is 1. The summed E-state index contributed by atoms with van der Waals surface area (Å²) < 4.78 is 29.5. The van der Waals surface area contributed by atoms with Crippen molar-refractivity contribution in [1.82, 2.24) is 0 Å². The van der Waals surface area contributed by atoms with Crippen LogP contribution in [-0.2, 0) is 13.3 Å². The summed E-state index contributed by atoms with van der Waals surface area (Å²) >= 11 is 10.1. The van der Waals surface area contributed by atoms with Crippen LogP contribution in [-0.4, -0.2) is 8.42 Å². The third-order valence-corrected chi connectivity index (χ3v) is 3.25. The van der Waals surface area contributed by atoms with Gasteiger partial charge in [-0.3, -0.25) is 3.07 Å². The van der Waals surface area contributed by atoms with Crippen LogP contribution in [0.5, 0.6) is 0 Å². The fourth-order valence-corrected chi connectivity index (χ4v) is 1.83. The van der Waals surface area contributed by atoms with E-state index >= 15 is 0 Å². The number of benzene rings is 1. The first-order chi connectivity index (χ1) is 6.74. The van der Waals surface area contributed by atoms with Gasteiger partial charge in [0.15, 0.2) is 21.2 Å². The van der Waals surface area contributed by atoms with Crippen molar-refractivity contribution in [3.05, 3.63) is 31.8 Å². The molecule has 1 rings (SSSR count). The molecule has 0 aromatic heterocycles. The third-order valence-electron chi connectivity index (χ3n) is 0.965. The van der Waals surface area contributed by atoms with Gasteiger partial charge in [0.05, 0.1) is 8.59 Å². The Hall–Kier alpha value is 0.200. The smallest absolute Gasteiger partial charge is 0.265 e. The maximum atomic E-state index is 10.4. The second kappa shape index (κ2) is 6.71. The lowest BCUT2D eigenvalue weighted by molar-refractivity contribution is 0.599. The summed E-state index contributed by atoms with van der Waals surface area (Å²) in [4.78, 5) is 0.